The van der Waals surface area contributed by atoms with E-state index >= 15 is 0 Å². The molecule has 0 aliphatic heterocycles. The highest BCUT2D eigenvalue weighted by Crippen LogP contribution is 2.32. The molecular formula is C16H25NO2. The molecule has 1 unspecified atom stereocenters. The normalized spacial score (nSPS) is 14.5. The molecule has 0 amide bonds. The van der Waals surface area contributed by atoms with Crippen LogP contribution in [0.2, 0.25) is 0 Å². The Morgan fingerprint density at radius 1 is 1.21 bits per heavy atom. The third-order valence-corrected chi connectivity index (χ3v) is 3.21. The summed E-state index contributed by atoms with van der Waals surface area (Å²) in [6.45, 7) is 10.4. The van der Waals surface area contributed by atoms with E-state index in [4.69, 9.17) is 4.74 Å². The van der Waals surface area contributed by atoms with Gasteiger partial charge < -0.3 is 4.74 Å². The fourth-order valence-electron chi connectivity index (χ4n) is 2.40. The second kappa shape index (κ2) is 6.71. The van der Waals surface area contributed by atoms with Crippen molar-refractivity contribution in [2.75, 3.05) is 6.61 Å². The Morgan fingerprint density at radius 2 is 1.79 bits per heavy atom. The van der Waals surface area contributed by atoms with Crippen molar-refractivity contribution < 1.29 is 9.53 Å². The minimum Gasteiger partial charge on any atom is -0.464 e. The van der Waals surface area contributed by atoms with Crippen molar-refractivity contribution >= 4 is 5.97 Å². The van der Waals surface area contributed by atoms with Gasteiger partial charge in [0.15, 0.2) is 0 Å². The number of carbonyl (C=O) groups excluding carboxylic acids is 1. The van der Waals surface area contributed by atoms with Gasteiger partial charge in [0.05, 0.1) is 6.61 Å². The monoisotopic (exact) mass is 263 g/mol. The molecule has 0 radical (unpaired) electrons. The fourth-order valence-corrected chi connectivity index (χ4v) is 2.40. The zero-order valence-electron chi connectivity index (χ0n) is 12.6. The molecule has 0 aromatic heterocycles. The number of hydrogen-bond donors (Lipinski definition) is 1. The standard InChI is InChI=1S/C16H25NO2/c1-6-19-15(18)16(12(2)3,17-13(4)5)14-10-8-7-9-11-14/h7-13,17H,6H2,1-5H3. The van der Waals surface area contributed by atoms with Crippen molar-refractivity contribution in [1.29, 1.82) is 0 Å². The van der Waals surface area contributed by atoms with Crippen molar-refractivity contribution in [2.45, 2.75) is 46.2 Å². The Balaban J connectivity index is 3.31. The van der Waals surface area contributed by atoms with Gasteiger partial charge >= 0.3 is 5.97 Å². The van der Waals surface area contributed by atoms with Crippen molar-refractivity contribution in [2.24, 2.45) is 5.92 Å². The first kappa shape index (κ1) is 15.7. The number of nitrogens with one attached hydrogen (secondary N) is 1. The summed E-state index contributed by atoms with van der Waals surface area (Å²) in [5.41, 5.74) is 0.169. The lowest BCUT2D eigenvalue weighted by Crippen LogP contribution is -2.56. The summed E-state index contributed by atoms with van der Waals surface area (Å²) >= 11 is 0. The third kappa shape index (κ3) is 3.35. The summed E-state index contributed by atoms with van der Waals surface area (Å²) in [6, 6.07) is 10.0. The quantitative estimate of drug-likeness (QED) is 0.801. The van der Waals surface area contributed by atoms with E-state index in [0.717, 1.165) is 5.56 Å². The van der Waals surface area contributed by atoms with Crippen LogP contribution >= 0.6 is 0 Å². The van der Waals surface area contributed by atoms with E-state index < -0.39 is 5.54 Å². The highest BCUT2D eigenvalue weighted by atomic mass is 16.5. The number of hydrogen-bond acceptors (Lipinski definition) is 3. The lowest BCUT2D eigenvalue weighted by Gasteiger charge is -2.38. The van der Waals surface area contributed by atoms with Gasteiger partial charge in [-0.15, -0.1) is 0 Å². The predicted octanol–water partition coefficient (Wildman–Crippen LogP) is 3.10. The molecule has 0 bridgehead atoms. The van der Waals surface area contributed by atoms with Gasteiger partial charge in [-0.1, -0.05) is 44.2 Å². The van der Waals surface area contributed by atoms with Crippen molar-refractivity contribution in [3.63, 3.8) is 0 Å². The van der Waals surface area contributed by atoms with Gasteiger partial charge in [0.1, 0.15) is 5.54 Å². The molecule has 3 nitrogen and oxygen atoms in total. The molecule has 0 aliphatic rings. The summed E-state index contributed by atoms with van der Waals surface area (Å²) in [6.07, 6.45) is 0. The molecule has 0 saturated heterocycles. The van der Waals surface area contributed by atoms with E-state index in [-0.39, 0.29) is 17.9 Å². The molecule has 1 rings (SSSR count). The molecule has 0 fully saturated rings. The van der Waals surface area contributed by atoms with Gasteiger partial charge in [-0.2, -0.15) is 0 Å². The topological polar surface area (TPSA) is 38.3 Å². The summed E-state index contributed by atoms with van der Waals surface area (Å²) in [7, 11) is 0. The highest BCUT2D eigenvalue weighted by Gasteiger charge is 2.44. The average Bonchev–Trinajstić information content (AvgIpc) is 2.36. The Labute approximate surface area is 116 Å². The molecule has 1 aromatic carbocycles. The lowest BCUT2D eigenvalue weighted by molar-refractivity contribution is -0.154. The fraction of sp³-hybridized carbons (Fsp3) is 0.562. The number of ether oxygens (including phenoxy) is 1. The first-order valence-electron chi connectivity index (χ1n) is 6.95. The number of esters is 1. The van der Waals surface area contributed by atoms with Gasteiger partial charge in [0, 0.05) is 6.04 Å². The van der Waals surface area contributed by atoms with Gasteiger partial charge in [-0.05, 0) is 32.3 Å². The Morgan fingerprint density at radius 3 is 2.21 bits per heavy atom. The Bertz CT molecular complexity index is 400. The lowest BCUT2D eigenvalue weighted by atomic mass is 9.79. The van der Waals surface area contributed by atoms with Crippen LogP contribution in [0.3, 0.4) is 0 Å². The molecule has 0 saturated carbocycles. The molecule has 1 aromatic rings. The molecule has 0 aliphatic carbocycles. The van der Waals surface area contributed by atoms with Crippen LogP contribution in [0.4, 0.5) is 0 Å². The average molecular weight is 263 g/mol. The zero-order valence-corrected chi connectivity index (χ0v) is 12.6. The third-order valence-electron chi connectivity index (χ3n) is 3.21. The summed E-state index contributed by atoms with van der Waals surface area (Å²) in [5, 5.41) is 3.42. The maximum absolute atomic E-state index is 12.6. The predicted molar refractivity (Wildman–Crippen MR) is 77.9 cm³/mol. The zero-order chi connectivity index (χ0) is 14.5. The van der Waals surface area contributed by atoms with E-state index in [1.807, 2.05) is 65.0 Å². The number of benzene rings is 1. The molecule has 0 heterocycles. The molecule has 1 N–H and O–H groups in total. The van der Waals surface area contributed by atoms with Crippen LogP contribution in [0, 0.1) is 5.92 Å². The molecule has 19 heavy (non-hydrogen) atoms. The molecular weight excluding hydrogens is 238 g/mol. The van der Waals surface area contributed by atoms with Crippen molar-refractivity contribution in [1.82, 2.24) is 5.32 Å². The van der Waals surface area contributed by atoms with Gasteiger partial charge in [0.2, 0.25) is 0 Å². The Kier molecular flexibility index (Phi) is 5.55. The van der Waals surface area contributed by atoms with Crippen LogP contribution < -0.4 is 5.32 Å². The minimum absolute atomic E-state index is 0.0938. The smallest absolute Gasteiger partial charge is 0.331 e. The molecule has 0 spiro atoms. The van der Waals surface area contributed by atoms with Crippen LogP contribution in [0.25, 0.3) is 0 Å². The molecule has 106 valence electrons. The van der Waals surface area contributed by atoms with Gasteiger partial charge in [-0.3, -0.25) is 5.32 Å². The van der Waals surface area contributed by atoms with E-state index in [2.05, 4.69) is 5.32 Å². The molecule has 1 atom stereocenters. The molecule has 3 heteroatoms. The first-order chi connectivity index (χ1) is 8.95. The maximum Gasteiger partial charge on any atom is 0.331 e. The SMILES string of the molecule is CCOC(=O)C(NC(C)C)(c1ccccc1)C(C)C. The van der Waals surface area contributed by atoms with Crippen LogP contribution in [-0.4, -0.2) is 18.6 Å². The number of rotatable bonds is 6. The van der Waals surface area contributed by atoms with Crippen molar-refractivity contribution in [3.8, 4) is 0 Å². The van der Waals surface area contributed by atoms with E-state index in [1.54, 1.807) is 0 Å². The van der Waals surface area contributed by atoms with E-state index in [0.29, 0.717) is 6.61 Å². The second-order valence-electron chi connectivity index (χ2n) is 5.35. The van der Waals surface area contributed by atoms with E-state index in [1.165, 1.54) is 0 Å². The van der Waals surface area contributed by atoms with Crippen LogP contribution in [0.15, 0.2) is 30.3 Å². The largest absolute Gasteiger partial charge is 0.464 e. The first-order valence-corrected chi connectivity index (χ1v) is 6.95. The van der Waals surface area contributed by atoms with Crippen LogP contribution in [0.5, 0.6) is 0 Å². The highest BCUT2D eigenvalue weighted by molar-refractivity contribution is 5.83. The summed E-state index contributed by atoms with van der Waals surface area (Å²) in [5.74, 6) is -0.110. The second-order valence-corrected chi connectivity index (χ2v) is 5.35. The maximum atomic E-state index is 12.6. The van der Waals surface area contributed by atoms with Gasteiger partial charge in [0.25, 0.3) is 0 Å². The minimum atomic E-state index is -0.786. The number of carbonyl (C=O) groups is 1. The van der Waals surface area contributed by atoms with Crippen molar-refractivity contribution in [3.05, 3.63) is 35.9 Å². The summed E-state index contributed by atoms with van der Waals surface area (Å²) < 4.78 is 5.32. The van der Waals surface area contributed by atoms with Crippen LogP contribution in [0.1, 0.15) is 40.2 Å². The van der Waals surface area contributed by atoms with E-state index in [9.17, 15) is 4.79 Å². The van der Waals surface area contributed by atoms with Gasteiger partial charge in [-0.25, -0.2) is 4.79 Å². The Hall–Kier alpha value is -1.35. The van der Waals surface area contributed by atoms with Crippen LogP contribution in [-0.2, 0) is 15.1 Å². The summed E-state index contributed by atoms with van der Waals surface area (Å²) in [4.78, 5) is 12.6.